The molecule has 2 saturated heterocycles. The molecule has 2 heterocycles. The Morgan fingerprint density at radius 2 is 1.77 bits per heavy atom. The summed E-state index contributed by atoms with van der Waals surface area (Å²) in [4.78, 5) is 38.9. The highest BCUT2D eigenvalue weighted by Gasteiger charge is 2.37. The van der Waals surface area contributed by atoms with Crippen LogP contribution in [0.2, 0.25) is 0 Å². The van der Waals surface area contributed by atoms with Gasteiger partial charge in [-0.2, -0.15) is 0 Å². The van der Waals surface area contributed by atoms with E-state index in [0.29, 0.717) is 32.4 Å². The van der Waals surface area contributed by atoms with E-state index >= 15 is 0 Å². The Labute approximate surface area is 131 Å². The monoisotopic (exact) mass is 307 g/mol. The average Bonchev–Trinajstić information content (AvgIpc) is 3.15. The number of urea groups is 1. The summed E-state index contributed by atoms with van der Waals surface area (Å²) in [6, 6.07) is -0.329. The highest BCUT2D eigenvalue weighted by atomic mass is 16.2. The first-order chi connectivity index (χ1) is 10.6. The van der Waals surface area contributed by atoms with Gasteiger partial charge in [0.2, 0.25) is 11.8 Å². The number of carbonyl (C=O) groups excluding carboxylic acids is 3. The van der Waals surface area contributed by atoms with Gasteiger partial charge in [0.15, 0.2) is 0 Å². The predicted molar refractivity (Wildman–Crippen MR) is 81.0 cm³/mol. The summed E-state index contributed by atoms with van der Waals surface area (Å²) in [5, 5.41) is 2.56. The fourth-order valence-electron chi connectivity index (χ4n) is 3.96. The number of hydrogen-bond donors (Lipinski definition) is 1. The van der Waals surface area contributed by atoms with E-state index in [4.69, 9.17) is 0 Å². The van der Waals surface area contributed by atoms with Gasteiger partial charge in [-0.3, -0.25) is 14.5 Å². The molecule has 0 radical (unpaired) electrons. The second-order valence-corrected chi connectivity index (χ2v) is 6.72. The van der Waals surface area contributed by atoms with Crippen LogP contribution in [0.5, 0.6) is 0 Å². The molecule has 1 aliphatic carbocycles. The topological polar surface area (TPSA) is 69.7 Å². The van der Waals surface area contributed by atoms with Crippen molar-refractivity contribution in [3.8, 4) is 0 Å². The van der Waals surface area contributed by atoms with Crippen molar-refractivity contribution in [1.82, 2.24) is 15.1 Å². The van der Waals surface area contributed by atoms with E-state index in [-0.39, 0.29) is 30.4 Å². The zero-order chi connectivity index (χ0) is 15.5. The average molecular weight is 307 g/mol. The van der Waals surface area contributed by atoms with Crippen molar-refractivity contribution in [1.29, 1.82) is 0 Å². The summed E-state index contributed by atoms with van der Waals surface area (Å²) in [5.41, 5.74) is 0. The highest BCUT2D eigenvalue weighted by Crippen LogP contribution is 2.29. The summed E-state index contributed by atoms with van der Waals surface area (Å²) in [6.07, 6.45) is 8.27. The van der Waals surface area contributed by atoms with E-state index in [1.54, 1.807) is 0 Å². The molecule has 0 bridgehead atoms. The lowest BCUT2D eigenvalue weighted by molar-refractivity contribution is -0.133. The Hall–Kier alpha value is -1.59. The molecule has 3 rings (SSSR count). The van der Waals surface area contributed by atoms with E-state index in [2.05, 4.69) is 5.32 Å². The minimum absolute atomic E-state index is 0.0473. The third-order valence-electron chi connectivity index (χ3n) is 5.30. The molecular formula is C16H25N3O3. The molecule has 1 N–H and O–H groups in total. The largest absolute Gasteiger partial charge is 0.343 e. The number of nitrogens with one attached hydrogen (secondary N) is 1. The van der Waals surface area contributed by atoms with Gasteiger partial charge < -0.3 is 10.2 Å². The number of nitrogens with zero attached hydrogens (tertiary/aromatic N) is 2. The Morgan fingerprint density at radius 3 is 2.36 bits per heavy atom. The maximum Gasteiger partial charge on any atom is 0.324 e. The third kappa shape index (κ3) is 3.25. The number of rotatable bonds is 4. The second-order valence-electron chi connectivity index (χ2n) is 6.72. The van der Waals surface area contributed by atoms with Crippen molar-refractivity contribution in [3.63, 3.8) is 0 Å². The molecule has 0 aromatic heterocycles. The highest BCUT2D eigenvalue weighted by molar-refractivity contribution is 6.02. The van der Waals surface area contributed by atoms with Crippen LogP contribution in [0.25, 0.3) is 0 Å². The van der Waals surface area contributed by atoms with Crippen LogP contribution in [0.15, 0.2) is 0 Å². The smallest absolute Gasteiger partial charge is 0.324 e. The van der Waals surface area contributed by atoms with Crippen molar-refractivity contribution < 1.29 is 14.4 Å². The number of imide groups is 1. The van der Waals surface area contributed by atoms with E-state index < -0.39 is 0 Å². The number of carbonyl (C=O) groups is 3. The van der Waals surface area contributed by atoms with E-state index in [9.17, 15) is 14.4 Å². The fraction of sp³-hybridized carbons (Fsp3) is 0.812. The van der Waals surface area contributed by atoms with Crippen LogP contribution in [0, 0.1) is 5.92 Å². The molecule has 2 aliphatic heterocycles. The molecule has 22 heavy (non-hydrogen) atoms. The quantitative estimate of drug-likeness (QED) is 0.800. The van der Waals surface area contributed by atoms with E-state index in [0.717, 1.165) is 12.3 Å². The number of likely N-dealkylation sites (tertiary alicyclic amines) is 1. The summed E-state index contributed by atoms with van der Waals surface area (Å²) in [7, 11) is 0. The fourth-order valence-corrected chi connectivity index (χ4v) is 3.96. The molecule has 122 valence electrons. The van der Waals surface area contributed by atoms with Gasteiger partial charge in [-0.05, 0) is 25.2 Å². The molecular weight excluding hydrogens is 282 g/mol. The second kappa shape index (κ2) is 6.67. The van der Waals surface area contributed by atoms with Crippen LogP contribution >= 0.6 is 0 Å². The first-order valence-corrected chi connectivity index (χ1v) is 8.53. The summed E-state index contributed by atoms with van der Waals surface area (Å²) in [5.74, 6) is 0.839. The molecule has 1 saturated carbocycles. The van der Waals surface area contributed by atoms with Crippen LogP contribution in [0.4, 0.5) is 4.79 Å². The molecule has 6 nitrogen and oxygen atoms in total. The molecule has 3 fully saturated rings. The lowest BCUT2D eigenvalue weighted by Gasteiger charge is -2.35. The first-order valence-electron chi connectivity index (χ1n) is 8.53. The number of hydrogen-bond acceptors (Lipinski definition) is 3. The first kappa shape index (κ1) is 15.3. The Kier molecular flexibility index (Phi) is 4.64. The van der Waals surface area contributed by atoms with Gasteiger partial charge in [-0.15, -0.1) is 0 Å². The molecule has 4 amide bonds. The maximum atomic E-state index is 12.3. The van der Waals surface area contributed by atoms with Crippen molar-refractivity contribution in [3.05, 3.63) is 0 Å². The van der Waals surface area contributed by atoms with Crippen molar-refractivity contribution in [2.45, 2.75) is 57.4 Å². The summed E-state index contributed by atoms with van der Waals surface area (Å²) < 4.78 is 0. The van der Waals surface area contributed by atoms with Crippen LogP contribution in [0.3, 0.4) is 0 Å². The molecule has 3 aliphatic rings. The lowest BCUT2D eigenvalue weighted by Crippen LogP contribution is -2.49. The van der Waals surface area contributed by atoms with Gasteiger partial charge >= 0.3 is 6.03 Å². The Bertz CT molecular complexity index is 436. The minimum atomic E-state index is -0.281. The summed E-state index contributed by atoms with van der Waals surface area (Å²) in [6.45, 7) is 1.43. The van der Waals surface area contributed by atoms with Gasteiger partial charge in [0, 0.05) is 25.6 Å². The van der Waals surface area contributed by atoms with Crippen LogP contribution < -0.4 is 5.32 Å². The van der Waals surface area contributed by atoms with E-state index in [1.165, 1.54) is 30.6 Å². The van der Waals surface area contributed by atoms with Gasteiger partial charge in [0.25, 0.3) is 0 Å². The molecule has 0 spiro atoms. The number of amides is 4. The third-order valence-corrected chi connectivity index (χ3v) is 5.30. The zero-order valence-electron chi connectivity index (χ0n) is 13.1. The maximum absolute atomic E-state index is 12.3. The van der Waals surface area contributed by atoms with Crippen molar-refractivity contribution >= 4 is 17.8 Å². The van der Waals surface area contributed by atoms with E-state index in [1.807, 2.05) is 4.90 Å². The molecule has 6 heteroatoms. The zero-order valence-corrected chi connectivity index (χ0v) is 13.1. The predicted octanol–water partition coefficient (Wildman–Crippen LogP) is 1.50. The molecule has 0 unspecified atom stereocenters. The van der Waals surface area contributed by atoms with Crippen LogP contribution in [-0.4, -0.2) is 53.3 Å². The van der Waals surface area contributed by atoms with Gasteiger partial charge in [-0.1, -0.05) is 25.7 Å². The molecule has 0 aromatic rings. The standard InChI is InChI=1S/C16H25N3O3/c20-14(6-5-12-3-1-2-4-12)18-9-7-13(8-10-18)19-15(21)11-17-16(19)22/h12-13H,1-11H2,(H,17,22). The number of piperidine rings is 1. The van der Waals surface area contributed by atoms with Crippen LogP contribution in [-0.2, 0) is 9.59 Å². The molecule has 0 atom stereocenters. The SMILES string of the molecule is O=C(CCC1CCCC1)N1CCC(N2C(=O)CNC2=O)CC1. The van der Waals surface area contributed by atoms with Crippen molar-refractivity contribution in [2.24, 2.45) is 5.92 Å². The van der Waals surface area contributed by atoms with Gasteiger partial charge in [0.1, 0.15) is 0 Å². The normalized spacial score (nSPS) is 24.2. The summed E-state index contributed by atoms with van der Waals surface area (Å²) >= 11 is 0. The van der Waals surface area contributed by atoms with Crippen molar-refractivity contribution in [2.75, 3.05) is 19.6 Å². The lowest BCUT2D eigenvalue weighted by atomic mass is 9.99. The van der Waals surface area contributed by atoms with Gasteiger partial charge in [-0.25, -0.2) is 4.79 Å². The van der Waals surface area contributed by atoms with Crippen LogP contribution in [0.1, 0.15) is 51.4 Å². The Morgan fingerprint density at radius 1 is 1.09 bits per heavy atom. The minimum Gasteiger partial charge on any atom is -0.343 e. The Balaban J connectivity index is 1.43. The molecule has 0 aromatic carbocycles. The van der Waals surface area contributed by atoms with Gasteiger partial charge in [0.05, 0.1) is 6.54 Å².